The summed E-state index contributed by atoms with van der Waals surface area (Å²) in [5.74, 6) is 0.805. The van der Waals surface area contributed by atoms with Gasteiger partial charge in [-0.05, 0) is 85.9 Å². The second-order valence-corrected chi connectivity index (χ2v) is 12.0. The van der Waals surface area contributed by atoms with Crippen molar-refractivity contribution in [3.05, 3.63) is 101 Å². The zero-order valence-corrected chi connectivity index (χ0v) is 25.9. The number of benzene rings is 3. The fourth-order valence-corrected chi connectivity index (χ4v) is 6.72. The predicted octanol–water partition coefficient (Wildman–Crippen LogP) is 7.09. The summed E-state index contributed by atoms with van der Waals surface area (Å²) in [6.45, 7) is 4.48. The first-order chi connectivity index (χ1) is 21.3. The Bertz CT molecular complexity index is 1380. The van der Waals surface area contributed by atoms with Gasteiger partial charge in [0.1, 0.15) is 18.2 Å². The number of rotatable bonds is 10. The minimum atomic E-state index is -0.403. The predicted molar refractivity (Wildman–Crippen MR) is 167 cm³/mol. The van der Waals surface area contributed by atoms with Gasteiger partial charge in [0.25, 0.3) is 0 Å². The minimum absolute atomic E-state index is 0.0333. The zero-order chi connectivity index (χ0) is 31.1. The van der Waals surface area contributed by atoms with Crippen LogP contribution in [0.4, 0.5) is 9.18 Å². The van der Waals surface area contributed by atoms with Gasteiger partial charge in [0.15, 0.2) is 0 Å². The number of nitrogens with zero attached hydrogens (tertiary/aromatic N) is 2. The van der Waals surface area contributed by atoms with Crippen molar-refractivity contribution in [3.8, 4) is 5.75 Å². The van der Waals surface area contributed by atoms with Crippen molar-refractivity contribution < 1.29 is 28.2 Å². The molecule has 44 heavy (non-hydrogen) atoms. The second kappa shape index (κ2) is 14.7. The second-order valence-electron chi connectivity index (χ2n) is 12.0. The summed E-state index contributed by atoms with van der Waals surface area (Å²) in [6, 6.07) is 23.5. The average Bonchev–Trinajstić information content (AvgIpc) is 3.37. The highest BCUT2D eigenvalue weighted by Crippen LogP contribution is 2.36. The normalized spacial score (nSPS) is 23.3. The number of hydrogen-bond donors (Lipinski definition) is 0. The third-order valence-corrected chi connectivity index (χ3v) is 9.09. The molecule has 2 amide bonds. The van der Waals surface area contributed by atoms with Crippen molar-refractivity contribution in [3.63, 3.8) is 0 Å². The minimum Gasteiger partial charge on any atom is -0.497 e. The Labute approximate surface area is 259 Å². The van der Waals surface area contributed by atoms with Crippen LogP contribution in [0, 0.1) is 5.82 Å². The van der Waals surface area contributed by atoms with E-state index in [2.05, 4.69) is 0 Å². The van der Waals surface area contributed by atoms with Gasteiger partial charge in [0.05, 0.1) is 31.9 Å². The lowest BCUT2D eigenvalue weighted by Gasteiger charge is -2.36. The monoisotopic (exact) mass is 602 g/mol. The van der Waals surface area contributed by atoms with E-state index in [1.807, 2.05) is 72.5 Å². The summed E-state index contributed by atoms with van der Waals surface area (Å²) in [6.07, 6.45) is 3.79. The number of ether oxygens (including phenoxy) is 3. The molecule has 1 aliphatic heterocycles. The molecule has 0 N–H and O–H groups in total. The van der Waals surface area contributed by atoms with E-state index < -0.39 is 6.09 Å². The maximum atomic E-state index is 13.8. The molecule has 0 bridgehead atoms. The van der Waals surface area contributed by atoms with Gasteiger partial charge >= 0.3 is 6.09 Å². The average molecular weight is 603 g/mol. The Balaban J connectivity index is 1.30. The Hall–Kier alpha value is -3.91. The molecule has 3 aromatic carbocycles. The Morgan fingerprint density at radius 1 is 0.932 bits per heavy atom. The summed E-state index contributed by atoms with van der Waals surface area (Å²) in [5.41, 5.74) is 2.93. The molecule has 0 spiro atoms. The molecule has 0 aromatic heterocycles. The summed E-state index contributed by atoms with van der Waals surface area (Å²) in [7, 11) is 1.63. The van der Waals surface area contributed by atoms with Crippen LogP contribution in [0.1, 0.15) is 68.6 Å². The van der Waals surface area contributed by atoms with Gasteiger partial charge in [-0.3, -0.25) is 9.69 Å². The van der Waals surface area contributed by atoms with E-state index in [4.69, 9.17) is 14.2 Å². The van der Waals surface area contributed by atoms with Gasteiger partial charge in [-0.1, -0.05) is 54.6 Å². The molecular formula is C36H43FN2O5. The van der Waals surface area contributed by atoms with Crippen LogP contribution in [0.2, 0.25) is 0 Å². The first-order valence-corrected chi connectivity index (χ1v) is 15.6. The number of carbonyl (C=O) groups is 2. The molecule has 1 saturated carbocycles. The smallest absolute Gasteiger partial charge is 0.410 e. The van der Waals surface area contributed by atoms with E-state index in [-0.39, 0.29) is 42.6 Å². The lowest BCUT2D eigenvalue weighted by molar-refractivity contribution is -0.133. The van der Waals surface area contributed by atoms with Gasteiger partial charge in [0.2, 0.25) is 5.91 Å². The van der Waals surface area contributed by atoms with Gasteiger partial charge in [0, 0.05) is 19.5 Å². The van der Waals surface area contributed by atoms with E-state index in [0.29, 0.717) is 25.5 Å². The Morgan fingerprint density at radius 2 is 1.66 bits per heavy atom. The number of amides is 2. The van der Waals surface area contributed by atoms with Crippen LogP contribution in [0.25, 0.3) is 0 Å². The van der Waals surface area contributed by atoms with E-state index >= 15 is 0 Å². The molecule has 0 unspecified atom stereocenters. The maximum Gasteiger partial charge on any atom is 0.410 e. The molecule has 3 aromatic rings. The van der Waals surface area contributed by atoms with E-state index in [9.17, 15) is 14.0 Å². The van der Waals surface area contributed by atoms with E-state index in [0.717, 1.165) is 48.1 Å². The largest absolute Gasteiger partial charge is 0.497 e. The third-order valence-electron chi connectivity index (χ3n) is 9.09. The molecular weight excluding hydrogens is 559 g/mol. The summed E-state index contributed by atoms with van der Waals surface area (Å²) in [5, 5.41) is 0. The van der Waals surface area contributed by atoms with E-state index in [1.165, 1.54) is 6.07 Å². The summed E-state index contributed by atoms with van der Waals surface area (Å²) < 4.78 is 31.4. The zero-order valence-electron chi connectivity index (χ0n) is 25.9. The van der Waals surface area contributed by atoms with Crippen molar-refractivity contribution in [2.45, 2.75) is 89.3 Å². The highest BCUT2D eigenvalue weighted by molar-refractivity contribution is 5.74. The quantitative estimate of drug-likeness (QED) is 0.248. The third kappa shape index (κ3) is 7.78. The molecule has 3 atom stereocenters. The molecule has 2 aliphatic rings. The number of likely N-dealkylation sites (tertiary alicyclic amines) is 1. The summed E-state index contributed by atoms with van der Waals surface area (Å²) >= 11 is 0. The van der Waals surface area contributed by atoms with Crippen molar-refractivity contribution in [1.29, 1.82) is 0 Å². The van der Waals surface area contributed by atoms with Crippen LogP contribution < -0.4 is 4.74 Å². The van der Waals surface area contributed by atoms with Gasteiger partial charge in [-0.25, -0.2) is 9.18 Å². The summed E-state index contributed by atoms with van der Waals surface area (Å²) in [4.78, 5) is 30.3. The van der Waals surface area contributed by atoms with Crippen LogP contribution >= 0.6 is 0 Å². The van der Waals surface area contributed by atoms with Crippen molar-refractivity contribution in [1.82, 2.24) is 9.80 Å². The standard InChI is InChI=1S/C36H43FN2O5/c1-25-20-34(38(26(2)40)22-27-12-16-32(42-3)17-13-27)35(39(25)36(41)44-23-28-8-5-4-6-9-28)24-43-33-18-14-29(15-19-33)30-10-7-11-31(37)21-30/h4-13,16-17,21,25,29,33-35H,14-15,18-20,22-24H2,1-3H3/t25-,29?,33?,34+,35+/m1/s1. The fraction of sp³-hybridized carbons (Fsp3) is 0.444. The lowest BCUT2D eigenvalue weighted by Crippen LogP contribution is -2.51. The molecule has 1 aliphatic carbocycles. The van der Waals surface area contributed by atoms with Crippen LogP contribution in [0.5, 0.6) is 5.75 Å². The van der Waals surface area contributed by atoms with Crippen molar-refractivity contribution >= 4 is 12.0 Å². The number of methoxy groups -OCH3 is 1. The number of halogens is 1. The maximum absolute atomic E-state index is 13.8. The highest BCUT2D eigenvalue weighted by atomic mass is 19.1. The van der Waals surface area contributed by atoms with Crippen LogP contribution in [0.15, 0.2) is 78.9 Å². The molecule has 5 rings (SSSR count). The van der Waals surface area contributed by atoms with Crippen LogP contribution in [-0.2, 0) is 27.4 Å². The Kier molecular flexibility index (Phi) is 10.5. The van der Waals surface area contributed by atoms with Crippen LogP contribution in [0.3, 0.4) is 0 Å². The van der Waals surface area contributed by atoms with Crippen molar-refractivity contribution in [2.24, 2.45) is 0 Å². The lowest BCUT2D eigenvalue weighted by atomic mass is 9.82. The number of hydrogen-bond acceptors (Lipinski definition) is 5. The van der Waals surface area contributed by atoms with Gasteiger partial charge < -0.3 is 19.1 Å². The van der Waals surface area contributed by atoms with E-state index in [1.54, 1.807) is 31.1 Å². The molecule has 1 heterocycles. The number of carbonyl (C=O) groups excluding carboxylic acids is 2. The van der Waals surface area contributed by atoms with Gasteiger partial charge in [-0.15, -0.1) is 0 Å². The molecule has 8 heteroatoms. The topological polar surface area (TPSA) is 68.3 Å². The first-order valence-electron chi connectivity index (χ1n) is 15.6. The van der Waals surface area contributed by atoms with Crippen LogP contribution in [-0.4, -0.2) is 59.7 Å². The highest BCUT2D eigenvalue weighted by Gasteiger charge is 2.46. The van der Waals surface area contributed by atoms with Gasteiger partial charge in [-0.2, -0.15) is 0 Å². The molecule has 0 radical (unpaired) electrons. The first kappa shape index (κ1) is 31.5. The molecule has 1 saturated heterocycles. The SMILES string of the molecule is COc1ccc(CN(C(C)=O)[C@H]2C[C@@H](C)N(C(=O)OCc3ccccc3)[C@H]2COC2CCC(c3cccc(F)c3)CC2)cc1. The Morgan fingerprint density at radius 3 is 2.32 bits per heavy atom. The fourth-order valence-electron chi connectivity index (χ4n) is 6.72. The molecule has 2 fully saturated rings. The molecule has 7 nitrogen and oxygen atoms in total. The van der Waals surface area contributed by atoms with Crippen molar-refractivity contribution in [2.75, 3.05) is 13.7 Å². The molecule has 234 valence electrons.